The highest BCUT2D eigenvalue weighted by atomic mass is 16.4. The van der Waals surface area contributed by atoms with Gasteiger partial charge in [0.25, 0.3) is 0 Å². The molecule has 0 saturated heterocycles. The van der Waals surface area contributed by atoms with Crippen molar-refractivity contribution in [1.29, 1.82) is 0 Å². The minimum absolute atomic E-state index is 0.131. The molecule has 1 fully saturated rings. The molecule has 17 heavy (non-hydrogen) atoms. The Balaban J connectivity index is 2.26. The van der Waals surface area contributed by atoms with Crippen LogP contribution in [0.2, 0.25) is 0 Å². The quantitative estimate of drug-likeness (QED) is 0.749. The molecule has 1 aliphatic rings. The summed E-state index contributed by atoms with van der Waals surface area (Å²) >= 11 is 0. The van der Waals surface area contributed by atoms with E-state index in [-0.39, 0.29) is 17.2 Å². The molecule has 1 amide bonds. The monoisotopic (exact) mass is 241 g/mol. The molecule has 0 radical (unpaired) electrons. The molecule has 1 saturated carbocycles. The second-order valence-electron chi connectivity index (χ2n) is 6.14. The van der Waals surface area contributed by atoms with Crippen LogP contribution in [0, 0.1) is 11.3 Å². The van der Waals surface area contributed by atoms with Crippen molar-refractivity contribution in [3.8, 4) is 0 Å². The van der Waals surface area contributed by atoms with E-state index in [1.165, 1.54) is 0 Å². The van der Waals surface area contributed by atoms with Crippen LogP contribution in [-0.4, -0.2) is 23.0 Å². The normalized spacial score (nSPS) is 17.6. The number of carbonyl (C=O) groups is 2. The fraction of sp³-hybridized carbons (Fsp3) is 0.846. The largest absolute Gasteiger partial charge is 0.480 e. The number of carboxylic acids is 1. The standard InChI is InChI=1S/C13H23NO3/c1-13(2,3)8-4-5-10(15)14-11(12(16)17)9-6-7-9/h9,11H,4-8H2,1-3H3,(H,14,15)(H,16,17). The molecule has 1 atom stereocenters. The molecule has 1 aliphatic carbocycles. The topological polar surface area (TPSA) is 66.4 Å². The summed E-state index contributed by atoms with van der Waals surface area (Å²) in [5.74, 6) is -0.885. The van der Waals surface area contributed by atoms with Gasteiger partial charge in [-0.1, -0.05) is 20.8 Å². The highest BCUT2D eigenvalue weighted by Crippen LogP contribution is 2.32. The lowest BCUT2D eigenvalue weighted by Crippen LogP contribution is -2.42. The zero-order chi connectivity index (χ0) is 13.1. The Kier molecular flexibility index (Phi) is 4.54. The lowest BCUT2D eigenvalue weighted by Gasteiger charge is -2.18. The number of nitrogens with one attached hydrogen (secondary N) is 1. The maximum absolute atomic E-state index is 11.6. The Labute approximate surface area is 103 Å². The van der Waals surface area contributed by atoms with Gasteiger partial charge in [-0.05, 0) is 37.0 Å². The van der Waals surface area contributed by atoms with Crippen molar-refractivity contribution in [2.24, 2.45) is 11.3 Å². The van der Waals surface area contributed by atoms with Crippen molar-refractivity contribution in [2.75, 3.05) is 0 Å². The van der Waals surface area contributed by atoms with Crippen LogP contribution in [-0.2, 0) is 9.59 Å². The number of carboxylic acid groups (broad SMARTS) is 1. The molecule has 0 aromatic heterocycles. The Morgan fingerprint density at radius 1 is 1.35 bits per heavy atom. The number of aliphatic carboxylic acids is 1. The molecule has 0 aromatic rings. The van der Waals surface area contributed by atoms with Crippen LogP contribution in [0.4, 0.5) is 0 Å². The van der Waals surface area contributed by atoms with E-state index in [9.17, 15) is 9.59 Å². The van der Waals surface area contributed by atoms with Gasteiger partial charge >= 0.3 is 5.97 Å². The summed E-state index contributed by atoms with van der Waals surface area (Å²) in [6, 6.07) is -0.669. The van der Waals surface area contributed by atoms with E-state index >= 15 is 0 Å². The van der Waals surface area contributed by atoms with Gasteiger partial charge in [-0.25, -0.2) is 4.79 Å². The number of hydrogen-bond donors (Lipinski definition) is 2. The maximum atomic E-state index is 11.6. The lowest BCUT2D eigenvalue weighted by molar-refractivity contribution is -0.142. The maximum Gasteiger partial charge on any atom is 0.326 e. The molecular formula is C13H23NO3. The fourth-order valence-corrected chi connectivity index (χ4v) is 1.84. The second kappa shape index (κ2) is 5.52. The summed E-state index contributed by atoms with van der Waals surface area (Å²) in [5.41, 5.74) is 0.225. The van der Waals surface area contributed by atoms with E-state index in [0.29, 0.717) is 6.42 Å². The van der Waals surface area contributed by atoms with Gasteiger partial charge in [-0.15, -0.1) is 0 Å². The molecule has 0 spiro atoms. The van der Waals surface area contributed by atoms with Crippen LogP contribution < -0.4 is 5.32 Å². The summed E-state index contributed by atoms with van der Waals surface area (Å²) in [4.78, 5) is 22.5. The Morgan fingerprint density at radius 3 is 2.35 bits per heavy atom. The average molecular weight is 241 g/mol. The predicted molar refractivity (Wildman–Crippen MR) is 65.6 cm³/mol. The van der Waals surface area contributed by atoms with Crippen LogP contribution in [0.5, 0.6) is 0 Å². The summed E-state index contributed by atoms with van der Waals surface area (Å²) in [6.45, 7) is 6.40. The minimum atomic E-state index is -0.906. The number of rotatable bonds is 6. The van der Waals surface area contributed by atoms with Crippen LogP contribution in [0.25, 0.3) is 0 Å². The first-order chi connectivity index (χ1) is 7.79. The molecule has 0 aliphatic heterocycles. The van der Waals surface area contributed by atoms with Crippen LogP contribution >= 0.6 is 0 Å². The van der Waals surface area contributed by atoms with Crippen molar-refractivity contribution in [2.45, 2.75) is 58.9 Å². The molecule has 4 heteroatoms. The van der Waals surface area contributed by atoms with Crippen molar-refractivity contribution < 1.29 is 14.7 Å². The Morgan fingerprint density at radius 2 is 1.94 bits per heavy atom. The Bertz CT molecular complexity index is 290. The minimum Gasteiger partial charge on any atom is -0.480 e. The molecule has 4 nitrogen and oxygen atoms in total. The first-order valence-electron chi connectivity index (χ1n) is 6.32. The average Bonchev–Trinajstić information content (AvgIpc) is 2.94. The third-order valence-corrected chi connectivity index (χ3v) is 3.01. The summed E-state index contributed by atoms with van der Waals surface area (Å²) < 4.78 is 0. The molecule has 0 heterocycles. The number of amides is 1. The van der Waals surface area contributed by atoms with Crippen molar-refractivity contribution in [1.82, 2.24) is 5.32 Å². The van der Waals surface area contributed by atoms with Crippen LogP contribution in [0.3, 0.4) is 0 Å². The lowest BCUT2D eigenvalue weighted by atomic mass is 9.90. The molecule has 98 valence electrons. The van der Waals surface area contributed by atoms with E-state index in [1.54, 1.807) is 0 Å². The van der Waals surface area contributed by atoms with E-state index in [1.807, 2.05) is 0 Å². The van der Waals surface area contributed by atoms with E-state index in [0.717, 1.165) is 25.7 Å². The highest BCUT2D eigenvalue weighted by molar-refractivity contribution is 5.83. The molecular weight excluding hydrogens is 218 g/mol. The van der Waals surface area contributed by atoms with E-state index in [2.05, 4.69) is 26.1 Å². The summed E-state index contributed by atoms with van der Waals surface area (Å²) in [7, 11) is 0. The highest BCUT2D eigenvalue weighted by Gasteiger charge is 2.37. The molecule has 1 unspecified atom stereocenters. The van der Waals surface area contributed by atoms with Crippen LogP contribution in [0.1, 0.15) is 52.9 Å². The van der Waals surface area contributed by atoms with Crippen LogP contribution in [0.15, 0.2) is 0 Å². The first-order valence-corrected chi connectivity index (χ1v) is 6.32. The third-order valence-electron chi connectivity index (χ3n) is 3.01. The van der Waals surface area contributed by atoms with Gasteiger partial charge in [0, 0.05) is 6.42 Å². The van der Waals surface area contributed by atoms with Gasteiger partial charge in [-0.2, -0.15) is 0 Å². The SMILES string of the molecule is CC(C)(C)CCCC(=O)NC(C(=O)O)C1CC1. The zero-order valence-electron chi connectivity index (χ0n) is 11.0. The van der Waals surface area contributed by atoms with Gasteiger partial charge in [0.2, 0.25) is 5.91 Å². The van der Waals surface area contributed by atoms with Crippen molar-refractivity contribution in [3.05, 3.63) is 0 Å². The number of hydrogen-bond acceptors (Lipinski definition) is 2. The number of carbonyl (C=O) groups excluding carboxylic acids is 1. The van der Waals surface area contributed by atoms with E-state index < -0.39 is 12.0 Å². The van der Waals surface area contributed by atoms with Gasteiger partial charge in [-0.3, -0.25) is 4.79 Å². The molecule has 1 rings (SSSR count). The van der Waals surface area contributed by atoms with E-state index in [4.69, 9.17) is 5.11 Å². The van der Waals surface area contributed by atoms with Gasteiger partial charge in [0.15, 0.2) is 0 Å². The van der Waals surface area contributed by atoms with Crippen molar-refractivity contribution in [3.63, 3.8) is 0 Å². The summed E-state index contributed by atoms with van der Waals surface area (Å²) in [5, 5.41) is 11.6. The zero-order valence-corrected chi connectivity index (χ0v) is 11.0. The van der Waals surface area contributed by atoms with Gasteiger partial charge in [0.1, 0.15) is 6.04 Å². The third kappa shape index (κ3) is 5.71. The molecule has 2 N–H and O–H groups in total. The van der Waals surface area contributed by atoms with Gasteiger partial charge < -0.3 is 10.4 Å². The predicted octanol–water partition coefficient (Wildman–Crippen LogP) is 2.18. The summed E-state index contributed by atoms with van der Waals surface area (Å²) in [6.07, 6.45) is 4.04. The molecule has 0 bridgehead atoms. The van der Waals surface area contributed by atoms with Gasteiger partial charge in [0.05, 0.1) is 0 Å². The Hall–Kier alpha value is -1.06. The second-order valence-corrected chi connectivity index (χ2v) is 6.14. The molecule has 0 aromatic carbocycles. The van der Waals surface area contributed by atoms with Crippen molar-refractivity contribution >= 4 is 11.9 Å². The fourth-order valence-electron chi connectivity index (χ4n) is 1.84. The first kappa shape index (κ1) is 14.0. The smallest absolute Gasteiger partial charge is 0.326 e.